The Balaban J connectivity index is 2.73. The number of hydrogen-bond donors (Lipinski definition) is 3. The van der Waals surface area contributed by atoms with Crippen molar-refractivity contribution in [1.82, 2.24) is 0 Å². The Labute approximate surface area is 95.2 Å². The zero-order chi connectivity index (χ0) is 13.0. The van der Waals surface area contributed by atoms with E-state index in [2.05, 4.69) is 0 Å². The van der Waals surface area contributed by atoms with Gasteiger partial charge in [0.25, 0.3) is 0 Å². The third kappa shape index (κ3) is 3.80. The van der Waals surface area contributed by atoms with Crippen molar-refractivity contribution in [3.05, 3.63) is 29.8 Å². The van der Waals surface area contributed by atoms with Gasteiger partial charge >= 0.3 is 5.97 Å². The Hall–Kier alpha value is -2.02. The van der Waals surface area contributed by atoms with Gasteiger partial charge in [-0.05, 0) is 12.1 Å². The van der Waals surface area contributed by atoms with Gasteiger partial charge in [0, 0.05) is 6.07 Å². The van der Waals surface area contributed by atoms with Crippen LogP contribution in [0.2, 0.25) is 0 Å². The SMILES string of the molecule is NC(CC(=O)O)C(=O)Nc1cc(F)ccc1F. The Kier molecular flexibility index (Phi) is 4.11. The maximum Gasteiger partial charge on any atom is 0.305 e. The topological polar surface area (TPSA) is 92.4 Å². The molecule has 17 heavy (non-hydrogen) atoms. The summed E-state index contributed by atoms with van der Waals surface area (Å²) in [7, 11) is 0. The smallest absolute Gasteiger partial charge is 0.305 e. The van der Waals surface area contributed by atoms with Gasteiger partial charge in [0.05, 0.1) is 18.2 Å². The maximum atomic E-state index is 13.1. The number of anilines is 1. The number of benzene rings is 1. The van der Waals surface area contributed by atoms with E-state index in [4.69, 9.17) is 10.8 Å². The molecular weight excluding hydrogens is 234 g/mol. The Morgan fingerprint density at radius 3 is 2.65 bits per heavy atom. The molecule has 7 heteroatoms. The number of hydrogen-bond acceptors (Lipinski definition) is 3. The summed E-state index contributed by atoms with van der Waals surface area (Å²) in [5, 5.41) is 10.4. The van der Waals surface area contributed by atoms with Crippen LogP contribution in [0.3, 0.4) is 0 Å². The summed E-state index contributed by atoms with van der Waals surface area (Å²) in [6.07, 6.45) is -0.594. The first kappa shape index (κ1) is 13.0. The molecule has 92 valence electrons. The van der Waals surface area contributed by atoms with Crippen molar-refractivity contribution in [2.24, 2.45) is 5.73 Å². The lowest BCUT2D eigenvalue weighted by Crippen LogP contribution is -2.37. The number of nitrogens with one attached hydrogen (secondary N) is 1. The zero-order valence-corrected chi connectivity index (χ0v) is 8.61. The highest BCUT2D eigenvalue weighted by Gasteiger charge is 2.18. The second kappa shape index (κ2) is 5.35. The summed E-state index contributed by atoms with van der Waals surface area (Å²) in [6.45, 7) is 0. The number of carbonyl (C=O) groups is 2. The van der Waals surface area contributed by atoms with E-state index in [1.54, 1.807) is 0 Å². The van der Waals surface area contributed by atoms with Crippen LogP contribution in [0.5, 0.6) is 0 Å². The van der Waals surface area contributed by atoms with E-state index in [0.29, 0.717) is 0 Å². The van der Waals surface area contributed by atoms with Gasteiger partial charge in [0.15, 0.2) is 0 Å². The van der Waals surface area contributed by atoms with Crippen LogP contribution in [-0.2, 0) is 9.59 Å². The Bertz CT molecular complexity index is 451. The van der Waals surface area contributed by atoms with Crippen molar-refractivity contribution in [1.29, 1.82) is 0 Å². The maximum absolute atomic E-state index is 13.1. The number of halogens is 2. The molecule has 0 saturated carbocycles. The quantitative estimate of drug-likeness (QED) is 0.727. The van der Waals surface area contributed by atoms with Gasteiger partial charge < -0.3 is 16.2 Å². The molecule has 0 aliphatic carbocycles. The molecule has 1 amide bonds. The normalized spacial score (nSPS) is 11.9. The lowest BCUT2D eigenvalue weighted by Gasteiger charge is -2.10. The van der Waals surface area contributed by atoms with Gasteiger partial charge in [0.1, 0.15) is 11.6 Å². The van der Waals surface area contributed by atoms with E-state index in [9.17, 15) is 18.4 Å². The highest BCUT2D eigenvalue weighted by atomic mass is 19.1. The third-order valence-electron chi connectivity index (χ3n) is 1.92. The average molecular weight is 244 g/mol. The van der Waals surface area contributed by atoms with E-state index in [-0.39, 0.29) is 5.69 Å². The lowest BCUT2D eigenvalue weighted by molar-refractivity contribution is -0.138. The summed E-state index contributed by atoms with van der Waals surface area (Å²) >= 11 is 0. The fourth-order valence-corrected chi connectivity index (χ4v) is 1.10. The van der Waals surface area contributed by atoms with Gasteiger partial charge in [-0.25, -0.2) is 8.78 Å². The predicted octanol–water partition coefficient (Wildman–Crippen LogP) is 0.705. The second-order valence-electron chi connectivity index (χ2n) is 3.32. The lowest BCUT2D eigenvalue weighted by atomic mass is 10.2. The highest BCUT2D eigenvalue weighted by Crippen LogP contribution is 2.15. The molecule has 0 radical (unpaired) electrons. The molecule has 4 N–H and O–H groups in total. The molecule has 0 heterocycles. The first-order valence-electron chi connectivity index (χ1n) is 4.63. The van der Waals surface area contributed by atoms with Crippen LogP contribution in [0.1, 0.15) is 6.42 Å². The second-order valence-corrected chi connectivity index (χ2v) is 3.32. The van der Waals surface area contributed by atoms with Crippen LogP contribution in [0.15, 0.2) is 18.2 Å². The van der Waals surface area contributed by atoms with Gasteiger partial charge in [-0.1, -0.05) is 0 Å². The number of aliphatic carboxylic acids is 1. The monoisotopic (exact) mass is 244 g/mol. The summed E-state index contributed by atoms with van der Waals surface area (Å²) in [5.74, 6) is -3.71. The number of carbonyl (C=O) groups excluding carboxylic acids is 1. The molecule has 0 aliphatic heterocycles. The molecule has 0 aromatic heterocycles. The van der Waals surface area contributed by atoms with Crippen molar-refractivity contribution in [3.8, 4) is 0 Å². The first-order valence-corrected chi connectivity index (χ1v) is 4.63. The van der Waals surface area contributed by atoms with E-state index < -0.39 is 36.0 Å². The van der Waals surface area contributed by atoms with Crippen molar-refractivity contribution >= 4 is 17.6 Å². The van der Waals surface area contributed by atoms with Gasteiger partial charge in [-0.15, -0.1) is 0 Å². The molecule has 0 fully saturated rings. The fourth-order valence-electron chi connectivity index (χ4n) is 1.10. The Morgan fingerprint density at radius 2 is 2.06 bits per heavy atom. The molecule has 0 spiro atoms. The standard InChI is InChI=1S/C10H10F2N2O3/c11-5-1-2-6(12)8(3-5)14-10(17)7(13)4-9(15)16/h1-3,7H,4,13H2,(H,14,17)(H,15,16). The number of nitrogens with two attached hydrogens (primary N) is 1. The predicted molar refractivity (Wildman–Crippen MR) is 55.2 cm³/mol. The third-order valence-corrected chi connectivity index (χ3v) is 1.92. The van der Waals surface area contributed by atoms with Crippen molar-refractivity contribution in [2.75, 3.05) is 5.32 Å². The molecule has 5 nitrogen and oxygen atoms in total. The molecule has 1 aromatic rings. The number of rotatable bonds is 4. The number of carboxylic acids is 1. The van der Waals surface area contributed by atoms with Crippen molar-refractivity contribution in [2.45, 2.75) is 12.5 Å². The highest BCUT2D eigenvalue weighted by molar-refractivity contribution is 5.96. The van der Waals surface area contributed by atoms with Crippen LogP contribution in [-0.4, -0.2) is 23.0 Å². The molecular formula is C10H10F2N2O3. The zero-order valence-electron chi connectivity index (χ0n) is 8.61. The van der Waals surface area contributed by atoms with Crippen molar-refractivity contribution < 1.29 is 23.5 Å². The largest absolute Gasteiger partial charge is 0.481 e. The molecule has 0 aliphatic rings. The first-order chi connectivity index (χ1) is 7.90. The number of carboxylic acid groups (broad SMARTS) is 1. The van der Waals surface area contributed by atoms with Crippen LogP contribution in [0, 0.1) is 11.6 Å². The number of amides is 1. The minimum atomic E-state index is -1.32. The van der Waals surface area contributed by atoms with E-state index in [0.717, 1.165) is 18.2 Å². The van der Waals surface area contributed by atoms with Crippen molar-refractivity contribution in [3.63, 3.8) is 0 Å². The van der Waals surface area contributed by atoms with Crippen LogP contribution >= 0.6 is 0 Å². The van der Waals surface area contributed by atoms with Gasteiger partial charge in [0.2, 0.25) is 5.91 Å². The Morgan fingerprint density at radius 1 is 1.41 bits per heavy atom. The summed E-state index contributed by atoms with van der Waals surface area (Å²) in [6, 6.07) is 1.19. The molecule has 1 rings (SSSR count). The minimum absolute atomic E-state index is 0.379. The molecule has 0 bridgehead atoms. The summed E-state index contributed by atoms with van der Waals surface area (Å²) in [4.78, 5) is 21.6. The van der Waals surface area contributed by atoms with E-state index in [1.165, 1.54) is 0 Å². The molecule has 1 atom stereocenters. The summed E-state index contributed by atoms with van der Waals surface area (Å²) < 4.78 is 25.9. The summed E-state index contributed by atoms with van der Waals surface area (Å²) in [5.41, 5.74) is 4.87. The molecule has 1 aromatic carbocycles. The van der Waals surface area contributed by atoms with Gasteiger partial charge in [-0.2, -0.15) is 0 Å². The van der Waals surface area contributed by atoms with E-state index in [1.807, 2.05) is 5.32 Å². The minimum Gasteiger partial charge on any atom is -0.481 e. The van der Waals surface area contributed by atoms with Crippen LogP contribution in [0.4, 0.5) is 14.5 Å². The fraction of sp³-hybridized carbons (Fsp3) is 0.200. The molecule has 0 saturated heterocycles. The van der Waals surface area contributed by atoms with Gasteiger partial charge in [-0.3, -0.25) is 9.59 Å². The van der Waals surface area contributed by atoms with Crippen LogP contribution < -0.4 is 11.1 Å². The van der Waals surface area contributed by atoms with E-state index >= 15 is 0 Å². The molecule has 1 unspecified atom stereocenters. The average Bonchev–Trinajstić information content (AvgIpc) is 2.22. The van der Waals surface area contributed by atoms with Crippen LogP contribution in [0.25, 0.3) is 0 Å².